The third kappa shape index (κ3) is 3.89. The zero-order chi connectivity index (χ0) is 21.5. The number of carbonyl (C=O) groups is 2. The molecular formula is C22H20Cl2N4O3. The number of hydrogen-bond acceptors (Lipinski definition) is 5. The van der Waals surface area contributed by atoms with Crippen molar-refractivity contribution < 1.29 is 14.3 Å². The van der Waals surface area contributed by atoms with Gasteiger partial charge in [-0.15, -0.1) is 0 Å². The highest BCUT2D eigenvalue weighted by molar-refractivity contribution is 6.44. The molecule has 3 fully saturated rings. The number of cyclic esters (lactones) is 1. The summed E-state index contributed by atoms with van der Waals surface area (Å²) in [5.41, 5.74) is 1.63. The van der Waals surface area contributed by atoms with Crippen LogP contribution in [-0.4, -0.2) is 54.0 Å². The molecule has 2 heterocycles. The maximum atomic E-state index is 13.1. The highest BCUT2D eigenvalue weighted by Crippen LogP contribution is 2.44. The van der Waals surface area contributed by atoms with Gasteiger partial charge in [0, 0.05) is 19.0 Å². The van der Waals surface area contributed by atoms with Gasteiger partial charge in [-0.1, -0.05) is 59.6 Å². The van der Waals surface area contributed by atoms with Crippen LogP contribution in [0.25, 0.3) is 0 Å². The second-order valence-corrected chi connectivity index (χ2v) is 8.63. The van der Waals surface area contributed by atoms with E-state index >= 15 is 0 Å². The van der Waals surface area contributed by atoms with Gasteiger partial charge < -0.3 is 15.4 Å². The first-order chi connectivity index (χ1) is 15.0. The van der Waals surface area contributed by atoms with Crippen molar-refractivity contribution in [3.8, 4) is 0 Å². The summed E-state index contributed by atoms with van der Waals surface area (Å²) in [6.45, 7) is 0.745. The van der Waals surface area contributed by atoms with E-state index in [1.807, 2.05) is 18.2 Å². The Morgan fingerprint density at radius 2 is 1.94 bits per heavy atom. The molecule has 160 valence electrons. The molecule has 1 amide bonds. The fraction of sp³-hybridized carbons (Fsp3) is 0.318. The van der Waals surface area contributed by atoms with Gasteiger partial charge in [0.05, 0.1) is 21.8 Å². The number of anilines is 1. The molecule has 2 aliphatic heterocycles. The number of halogens is 2. The van der Waals surface area contributed by atoms with Gasteiger partial charge in [-0.2, -0.15) is 0 Å². The molecule has 7 nitrogen and oxygen atoms in total. The number of amidine groups is 1. The van der Waals surface area contributed by atoms with Crippen molar-refractivity contribution in [1.82, 2.24) is 10.2 Å². The van der Waals surface area contributed by atoms with E-state index in [0.717, 1.165) is 6.42 Å². The number of benzene rings is 2. The molecule has 1 saturated carbocycles. The van der Waals surface area contributed by atoms with Crippen LogP contribution in [0.5, 0.6) is 0 Å². The number of aliphatic imine (C=N–C) groups is 1. The van der Waals surface area contributed by atoms with Crippen LogP contribution >= 0.6 is 23.2 Å². The number of esters is 1. The Balaban J connectivity index is 1.37. The van der Waals surface area contributed by atoms with Gasteiger partial charge in [0.25, 0.3) is 6.02 Å². The lowest BCUT2D eigenvalue weighted by Gasteiger charge is -2.35. The normalized spacial score (nSPS) is 28.3. The van der Waals surface area contributed by atoms with Crippen LogP contribution in [0.2, 0.25) is 10.0 Å². The number of nitrogens with one attached hydrogen (secondary N) is 2. The lowest BCUT2D eigenvalue weighted by Crippen LogP contribution is -2.61. The molecule has 4 atom stereocenters. The topological polar surface area (TPSA) is 83.0 Å². The van der Waals surface area contributed by atoms with E-state index in [1.165, 1.54) is 5.56 Å². The van der Waals surface area contributed by atoms with Crippen molar-refractivity contribution in [1.29, 1.82) is 0 Å². The molecular weight excluding hydrogens is 439 g/mol. The summed E-state index contributed by atoms with van der Waals surface area (Å²) in [7, 11) is 0. The van der Waals surface area contributed by atoms with Crippen LogP contribution in [0.15, 0.2) is 53.5 Å². The van der Waals surface area contributed by atoms with Crippen LogP contribution in [0.3, 0.4) is 0 Å². The molecule has 31 heavy (non-hydrogen) atoms. The average molecular weight is 459 g/mol. The summed E-state index contributed by atoms with van der Waals surface area (Å²) in [5.74, 6) is -0.420. The minimum atomic E-state index is -0.673. The number of nitrogens with zero attached hydrogens (tertiary/aromatic N) is 2. The van der Waals surface area contributed by atoms with Gasteiger partial charge in [-0.3, -0.25) is 9.69 Å². The number of fused-ring (bicyclic) bond motifs is 1. The Morgan fingerprint density at radius 3 is 2.74 bits per heavy atom. The second-order valence-electron chi connectivity index (χ2n) is 7.84. The molecule has 3 aliphatic rings. The minimum Gasteiger partial charge on any atom is -0.391 e. The molecule has 2 aromatic rings. The lowest BCUT2D eigenvalue weighted by molar-refractivity contribution is -0.136. The smallest absolute Gasteiger partial charge is 0.338 e. The van der Waals surface area contributed by atoms with Gasteiger partial charge in [-0.05, 0) is 24.1 Å². The largest absolute Gasteiger partial charge is 0.391 e. The van der Waals surface area contributed by atoms with Crippen LogP contribution in [0.4, 0.5) is 5.69 Å². The fourth-order valence-electron chi connectivity index (χ4n) is 4.10. The Hall–Kier alpha value is -2.61. The zero-order valence-corrected chi connectivity index (χ0v) is 17.9. The van der Waals surface area contributed by atoms with Crippen molar-refractivity contribution in [3.63, 3.8) is 0 Å². The molecule has 2 N–H and O–H groups in total. The number of piperazine rings is 1. The fourth-order valence-corrected chi connectivity index (χ4v) is 4.45. The molecule has 2 aromatic carbocycles. The van der Waals surface area contributed by atoms with Crippen LogP contribution in [-0.2, 0) is 14.3 Å². The molecule has 2 unspecified atom stereocenters. The van der Waals surface area contributed by atoms with Crippen molar-refractivity contribution in [2.45, 2.75) is 30.5 Å². The van der Waals surface area contributed by atoms with E-state index in [-0.39, 0.29) is 23.0 Å². The van der Waals surface area contributed by atoms with Crippen molar-refractivity contribution in [2.75, 3.05) is 18.4 Å². The predicted molar refractivity (Wildman–Crippen MR) is 118 cm³/mol. The number of carbonyl (C=O) groups excluding carboxylic acids is 2. The van der Waals surface area contributed by atoms with Gasteiger partial charge in [0.2, 0.25) is 5.91 Å². The van der Waals surface area contributed by atoms with Crippen LogP contribution < -0.4 is 10.6 Å². The highest BCUT2D eigenvalue weighted by atomic mass is 35.5. The Morgan fingerprint density at radius 1 is 1.13 bits per heavy atom. The van der Waals surface area contributed by atoms with Crippen molar-refractivity contribution in [3.05, 3.63) is 64.1 Å². The van der Waals surface area contributed by atoms with Crippen molar-refractivity contribution >= 4 is 46.8 Å². The average Bonchev–Trinajstić information content (AvgIpc) is 3.48. The van der Waals surface area contributed by atoms with Crippen LogP contribution in [0.1, 0.15) is 17.9 Å². The Bertz CT molecular complexity index is 1060. The van der Waals surface area contributed by atoms with Crippen molar-refractivity contribution in [2.24, 2.45) is 4.99 Å². The third-order valence-corrected chi connectivity index (χ3v) is 6.62. The molecule has 0 radical (unpaired) electrons. The molecule has 5 rings (SSSR count). The monoisotopic (exact) mass is 458 g/mol. The highest BCUT2D eigenvalue weighted by Gasteiger charge is 2.49. The van der Waals surface area contributed by atoms with E-state index in [9.17, 15) is 9.59 Å². The van der Waals surface area contributed by atoms with E-state index in [1.54, 1.807) is 23.1 Å². The standard InChI is InChI=1S/C22H20Cl2N4O3/c23-14-7-4-8-15(19(14)24)26-20(29)17-10-25-11-18-21(30)31-22(28(17)18)27-16-9-13(16)12-5-2-1-3-6-12/h1-8,13,16-18,25H,9-11H2,(H,26,29)/b27-22-/t13-,16+,17?,18?/m1/s1. The third-order valence-electron chi connectivity index (χ3n) is 5.80. The first-order valence-corrected chi connectivity index (χ1v) is 10.9. The quantitative estimate of drug-likeness (QED) is 0.687. The summed E-state index contributed by atoms with van der Waals surface area (Å²) < 4.78 is 5.49. The minimum absolute atomic E-state index is 0.0323. The van der Waals surface area contributed by atoms with Gasteiger partial charge >= 0.3 is 5.97 Å². The number of rotatable bonds is 4. The molecule has 0 spiro atoms. The van der Waals surface area contributed by atoms with Gasteiger partial charge in [0.1, 0.15) is 12.1 Å². The predicted octanol–water partition coefficient (Wildman–Crippen LogP) is 3.04. The lowest BCUT2D eigenvalue weighted by atomic mass is 10.1. The SMILES string of the molecule is O=C(Nc1cccc(Cl)c1Cl)C1CNCC2C(=O)O/C(=N\[C@H]3C[C@@H]3c3ccccc3)N12. The first-order valence-electron chi connectivity index (χ1n) is 10.1. The Kier molecular flexibility index (Phi) is 5.33. The number of ether oxygens (including phenoxy) is 1. The second kappa shape index (κ2) is 8.15. The number of hydrogen-bond donors (Lipinski definition) is 2. The molecule has 2 saturated heterocycles. The summed E-state index contributed by atoms with van der Waals surface area (Å²) in [5, 5.41) is 6.57. The van der Waals surface area contributed by atoms with Gasteiger partial charge in [0.15, 0.2) is 0 Å². The zero-order valence-electron chi connectivity index (χ0n) is 16.4. The summed E-state index contributed by atoms with van der Waals surface area (Å²) in [6, 6.07) is 14.1. The van der Waals surface area contributed by atoms with Crippen LogP contribution in [0, 0.1) is 0 Å². The van der Waals surface area contributed by atoms with E-state index in [2.05, 4.69) is 22.8 Å². The van der Waals surface area contributed by atoms with E-state index in [4.69, 9.17) is 32.9 Å². The summed E-state index contributed by atoms with van der Waals surface area (Å²) in [6.07, 6.45) is 0.886. The maximum absolute atomic E-state index is 13.1. The van der Waals surface area contributed by atoms with E-state index in [0.29, 0.717) is 29.7 Å². The van der Waals surface area contributed by atoms with E-state index < -0.39 is 18.1 Å². The molecule has 0 bridgehead atoms. The maximum Gasteiger partial charge on any atom is 0.338 e. The molecule has 0 aromatic heterocycles. The number of amides is 1. The molecule has 1 aliphatic carbocycles. The summed E-state index contributed by atoms with van der Waals surface area (Å²) in [4.78, 5) is 31.9. The summed E-state index contributed by atoms with van der Waals surface area (Å²) >= 11 is 12.3. The molecule has 9 heteroatoms. The Labute approximate surface area is 189 Å². The first kappa shape index (κ1) is 20.3. The van der Waals surface area contributed by atoms with Gasteiger partial charge in [-0.25, -0.2) is 9.79 Å².